The fraction of sp³-hybridized carbons (Fsp3) is 0.273. The van der Waals surface area contributed by atoms with Crippen LogP contribution in [-0.4, -0.2) is 16.4 Å². The van der Waals surface area contributed by atoms with E-state index >= 15 is 0 Å². The number of hydrogen-bond acceptors (Lipinski definition) is 3. The van der Waals surface area contributed by atoms with Crippen molar-refractivity contribution in [1.82, 2.24) is 10.2 Å². The smallest absolute Gasteiger partial charge is 0.273 e. The molecule has 2 heterocycles. The Morgan fingerprint density at radius 3 is 2.83 bits per heavy atom. The summed E-state index contributed by atoms with van der Waals surface area (Å²) in [6, 6.07) is 4.90. The zero-order chi connectivity index (χ0) is 21.1. The van der Waals surface area contributed by atoms with Crippen LogP contribution in [-0.2, 0) is 6.18 Å². The topological polar surface area (TPSA) is 41.0 Å². The monoisotopic (exact) mass is 417 g/mol. The lowest BCUT2D eigenvalue weighted by Crippen LogP contribution is -2.04. The van der Waals surface area contributed by atoms with E-state index in [9.17, 15) is 13.2 Å². The molecule has 2 aromatic rings. The van der Waals surface area contributed by atoms with Gasteiger partial charge in [-0.3, -0.25) is 10.1 Å². The van der Waals surface area contributed by atoms with Crippen molar-refractivity contribution >= 4 is 29.3 Å². The first-order valence-corrected chi connectivity index (χ1v) is 9.99. The number of unbranched alkanes of at least 4 members (excludes halogenated alkanes) is 3. The fourth-order valence-electron chi connectivity index (χ4n) is 2.20. The number of thiophene rings is 1. The predicted octanol–water partition coefficient (Wildman–Crippen LogP) is 6.73. The lowest BCUT2D eigenvalue weighted by atomic mass is 10.2. The van der Waals surface area contributed by atoms with Gasteiger partial charge in [-0.1, -0.05) is 50.3 Å². The Labute approximate surface area is 172 Å². The number of nitrogens with one attached hydrogen (secondary N) is 1. The number of H-pyrrole nitrogens is 1. The maximum absolute atomic E-state index is 12.5. The maximum atomic E-state index is 12.5. The van der Waals surface area contributed by atoms with Gasteiger partial charge < -0.3 is 0 Å². The Kier molecular flexibility index (Phi) is 8.68. The van der Waals surface area contributed by atoms with Gasteiger partial charge in [0.15, 0.2) is 0 Å². The highest BCUT2D eigenvalue weighted by Gasteiger charge is 2.33. The second-order valence-electron chi connectivity index (χ2n) is 6.09. The molecule has 2 rings (SSSR count). The average molecular weight is 417 g/mol. The van der Waals surface area contributed by atoms with Crippen LogP contribution in [0, 0.1) is 11.8 Å². The first kappa shape index (κ1) is 22.4. The molecule has 0 aromatic carbocycles. The highest BCUT2D eigenvalue weighted by atomic mass is 32.1. The molecule has 0 spiro atoms. The number of halogens is 3. The Hall–Kier alpha value is -2.85. The molecule has 29 heavy (non-hydrogen) atoms. The molecular weight excluding hydrogens is 395 g/mol. The van der Waals surface area contributed by atoms with E-state index in [2.05, 4.69) is 35.4 Å². The van der Waals surface area contributed by atoms with Gasteiger partial charge in [0.05, 0.1) is 10.6 Å². The first-order valence-electron chi connectivity index (χ1n) is 9.18. The van der Waals surface area contributed by atoms with E-state index in [1.54, 1.807) is 23.5 Å². The number of hydrogen-bond donors (Lipinski definition) is 1. The summed E-state index contributed by atoms with van der Waals surface area (Å²) in [6.45, 7) is 5.79. The number of rotatable bonds is 8. The third-order valence-electron chi connectivity index (χ3n) is 3.72. The van der Waals surface area contributed by atoms with Crippen molar-refractivity contribution in [1.29, 1.82) is 0 Å². The van der Waals surface area contributed by atoms with Crippen molar-refractivity contribution in [3.63, 3.8) is 0 Å². The summed E-state index contributed by atoms with van der Waals surface area (Å²) < 4.78 is 37.6. The number of aromatic amines is 1. The van der Waals surface area contributed by atoms with Crippen molar-refractivity contribution in [2.45, 2.75) is 38.8 Å². The van der Waals surface area contributed by atoms with E-state index in [-0.39, 0.29) is 11.4 Å². The molecule has 0 saturated heterocycles. The molecular formula is C22H22F3N3S. The molecule has 0 aliphatic carbocycles. The van der Waals surface area contributed by atoms with Gasteiger partial charge in [-0.05, 0) is 36.8 Å². The molecule has 0 aliphatic rings. The van der Waals surface area contributed by atoms with Gasteiger partial charge in [0.2, 0.25) is 0 Å². The van der Waals surface area contributed by atoms with E-state index in [4.69, 9.17) is 0 Å². The van der Waals surface area contributed by atoms with Crippen molar-refractivity contribution in [3.05, 3.63) is 64.1 Å². The van der Waals surface area contributed by atoms with Gasteiger partial charge in [-0.15, -0.1) is 11.3 Å². The van der Waals surface area contributed by atoms with Crippen LogP contribution in [0.3, 0.4) is 0 Å². The summed E-state index contributed by atoms with van der Waals surface area (Å²) in [4.78, 5) is 6.12. The Morgan fingerprint density at radius 2 is 2.10 bits per heavy atom. The van der Waals surface area contributed by atoms with E-state index in [1.165, 1.54) is 19.1 Å². The van der Waals surface area contributed by atoms with Crippen LogP contribution in [0.2, 0.25) is 0 Å². The third-order valence-corrected chi connectivity index (χ3v) is 4.69. The van der Waals surface area contributed by atoms with Crippen LogP contribution < -0.4 is 0 Å². The highest BCUT2D eigenvalue weighted by Crippen LogP contribution is 2.28. The molecule has 0 aliphatic heterocycles. The largest absolute Gasteiger partial charge is 0.432 e. The molecule has 1 N–H and O–H groups in total. The molecule has 0 unspecified atom stereocenters. The minimum atomic E-state index is -4.47. The predicted molar refractivity (Wildman–Crippen MR) is 115 cm³/mol. The van der Waals surface area contributed by atoms with E-state index in [0.717, 1.165) is 28.7 Å². The van der Waals surface area contributed by atoms with Crippen molar-refractivity contribution < 1.29 is 13.2 Å². The van der Waals surface area contributed by atoms with E-state index in [1.807, 2.05) is 29.4 Å². The molecule has 0 fully saturated rings. The van der Waals surface area contributed by atoms with Gasteiger partial charge >= 0.3 is 6.18 Å². The molecule has 3 nitrogen and oxygen atoms in total. The number of aromatic nitrogens is 2. The van der Waals surface area contributed by atoms with Gasteiger partial charge in [0.1, 0.15) is 11.4 Å². The van der Waals surface area contributed by atoms with Crippen LogP contribution >= 0.6 is 11.3 Å². The second-order valence-corrected chi connectivity index (χ2v) is 7.21. The van der Waals surface area contributed by atoms with Crippen molar-refractivity contribution in [2.24, 2.45) is 4.99 Å². The van der Waals surface area contributed by atoms with E-state index < -0.39 is 11.9 Å². The molecule has 7 heteroatoms. The quantitative estimate of drug-likeness (QED) is 0.220. The zero-order valence-corrected chi connectivity index (χ0v) is 16.9. The molecule has 152 valence electrons. The second kappa shape index (κ2) is 11.2. The van der Waals surface area contributed by atoms with Crippen LogP contribution in [0.5, 0.6) is 0 Å². The van der Waals surface area contributed by atoms with Crippen molar-refractivity contribution in [3.8, 4) is 11.8 Å². The third kappa shape index (κ3) is 7.96. The minimum absolute atomic E-state index is 0.0550. The van der Waals surface area contributed by atoms with Crippen LogP contribution in [0.25, 0.3) is 11.8 Å². The van der Waals surface area contributed by atoms with Gasteiger partial charge in [-0.25, -0.2) is 0 Å². The minimum Gasteiger partial charge on any atom is -0.273 e. The van der Waals surface area contributed by atoms with Gasteiger partial charge in [0.25, 0.3) is 0 Å². The average Bonchev–Trinajstić information content (AvgIpc) is 3.34. The summed E-state index contributed by atoms with van der Waals surface area (Å²) in [5.41, 5.74) is -0.728. The SMILES string of the molecule is C=C(N=C/C=C/C=C/c1ccc(C#CCCCCC)s1)c1cc(C(F)(F)F)[nH]n1. The number of aliphatic imine (C=N–C) groups is 1. The number of allylic oxidation sites excluding steroid dienone is 3. The molecule has 0 saturated carbocycles. The van der Waals surface area contributed by atoms with Crippen LogP contribution in [0.4, 0.5) is 13.2 Å². The summed E-state index contributed by atoms with van der Waals surface area (Å²) in [6.07, 6.45) is 8.73. The Balaban J connectivity index is 1.81. The van der Waals surface area contributed by atoms with E-state index in [0.29, 0.717) is 0 Å². The molecule has 2 aromatic heterocycles. The number of alkyl halides is 3. The lowest BCUT2D eigenvalue weighted by molar-refractivity contribution is -0.141. The summed E-state index contributed by atoms with van der Waals surface area (Å²) in [5.74, 6) is 6.38. The fourth-order valence-corrected chi connectivity index (χ4v) is 3.00. The maximum Gasteiger partial charge on any atom is 0.432 e. The van der Waals surface area contributed by atoms with Gasteiger partial charge in [-0.2, -0.15) is 18.3 Å². The van der Waals surface area contributed by atoms with Crippen LogP contribution in [0.15, 0.2) is 48.0 Å². The highest BCUT2D eigenvalue weighted by molar-refractivity contribution is 7.13. The molecule has 0 radical (unpaired) electrons. The zero-order valence-electron chi connectivity index (χ0n) is 16.1. The standard InChI is InChI=1S/C22H22F3N3S/c1-3-4-5-6-8-11-18-13-14-19(29-18)12-9-7-10-15-26-17(2)20-16-21(28-27-20)22(23,24)25/h7,9-10,12-16H,2-6H2,1H3,(H,27,28)/b10-7+,12-9+,26-15?. The Bertz CT molecular complexity index is 950. The first-order chi connectivity index (χ1) is 13.9. The lowest BCUT2D eigenvalue weighted by Gasteiger charge is -1.99. The number of nitrogens with zero attached hydrogens (tertiary/aromatic N) is 2. The molecule has 0 amide bonds. The van der Waals surface area contributed by atoms with Gasteiger partial charge in [0, 0.05) is 17.5 Å². The summed E-state index contributed by atoms with van der Waals surface area (Å²) in [7, 11) is 0. The summed E-state index contributed by atoms with van der Waals surface area (Å²) >= 11 is 1.62. The molecule has 0 atom stereocenters. The molecule has 0 bridgehead atoms. The summed E-state index contributed by atoms with van der Waals surface area (Å²) in [5, 5.41) is 5.50. The van der Waals surface area contributed by atoms with Crippen molar-refractivity contribution in [2.75, 3.05) is 0 Å². The van der Waals surface area contributed by atoms with Crippen LogP contribution in [0.1, 0.15) is 53.7 Å². The normalized spacial score (nSPS) is 12.1. The Morgan fingerprint density at radius 1 is 1.28 bits per heavy atom.